The number of carbonyl (C=O) groups excluding carboxylic acids is 1. The molecule has 23 heavy (non-hydrogen) atoms. The molecule has 6 nitrogen and oxygen atoms in total. The fraction of sp³-hybridized carbons (Fsp3) is 0.235. The van der Waals surface area contributed by atoms with Crippen molar-refractivity contribution in [1.82, 2.24) is 15.4 Å². The zero-order valence-electron chi connectivity index (χ0n) is 13.1. The third kappa shape index (κ3) is 3.66. The molecule has 6 heteroatoms. The van der Waals surface area contributed by atoms with Gasteiger partial charge in [0.15, 0.2) is 0 Å². The highest BCUT2D eigenvalue weighted by molar-refractivity contribution is 5.92. The highest BCUT2D eigenvalue weighted by atomic mass is 16.1. The second-order valence-corrected chi connectivity index (χ2v) is 5.64. The van der Waals surface area contributed by atoms with E-state index in [1.54, 1.807) is 0 Å². The molecule has 0 aliphatic carbocycles. The van der Waals surface area contributed by atoms with Gasteiger partial charge < -0.3 is 10.6 Å². The maximum atomic E-state index is 12.2. The number of carbonyl (C=O) groups is 1. The Bertz CT molecular complexity index is 826. The number of aromatic amines is 1. The fourth-order valence-electron chi connectivity index (χ4n) is 2.46. The molecule has 0 aliphatic rings. The van der Waals surface area contributed by atoms with Crippen LogP contribution in [0.5, 0.6) is 0 Å². The number of hydrogen-bond acceptors (Lipinski definition) is 4. The van der Waals surface area contributed by atoms with Crippen molar-refractivity contribution in [3.8, 4) is 0 Å². The van der Waals surface area contributed by atoms with Gasteiger partial charge in [0, 0.05) is 23.8 Å². The molecule has 3 aromatic rings. The molecule has 1 heterocycles. The van der Waals surface area contributed by atoms with Crippen molar-refractivity contribution in [3.63, 3.8) is 0 Å². The fourth-order valence-corrected chi connectivity index (χ4v) is 2.46. The lowest BCUT2D eigenvalue weighted by molar-refractivity contribution is -0.116. The van der Waals surface area contributed by atoms with E-state index in [1.807, 2.05) is 56.3 Å². The SMILES string of the molecule is Cc1ccccc1NC(=O)C[C@H](C)Nc1ccc2n[nH]nc2c1. The van der Waals surface area contributed by atoms with Gasteiger partial charge in [-0.05, 0) is 43.7 Å². The molecule has 0 radical (unpaired) electrons. The molecular weight excluding hydrogens is 290 g/mol. The summed E-state index contributed by atoms with van der Waals surface area (Å²) in [5, 5.41) is 16.9. The summed E-state index contributed by atoms with van der Waals surface area (Å²) in [5.74, 6) is -0.0122. The summed E-state index contributed by atoms with van der Waals surface area (Å²) in [6, 6.07) is 13.5. The summed E-state index contributed by atoms with van der Waals surface area (Å²) in [6.07, 6.45) is 0.380. The Balaban J connectivity index is 1.59. The van der Waals surface area contributed by atoms with E-state index in [-0.39, 0.29) is 11.9 Å². The van der Waals surface area contributed by atoms with Crippen LogP contribution in [-0.4, -0.2) is 27.4 Å². The van der Waals surface area contributed by atoms with Gasteiger partial charge in [-0.1, -0.05) is 18.2 Å². The van der Waals surface area contributed by atoms with Crippen LogP contribution in [-0.2, 0) is 4.79 Å². The normalized spacial score (nSPS) is 12.1. The van der Waals surface area contributed by atoms with E-state index in [0.29, 0.717) is 6.42 Å². The Morgan fingerprint density at radius 2 is 1.96 bits per heavy atom. The van der Waals surface area contributed by atoms with E-state index in [0.717, 1.165) is 28.0 Å². The summed E-state index contributed by atoms with van der Waals surface area (Å²) < 4.78 is 0. The van der Waals surface area contributed by atoms with Gasteiger partial charge in [0.05, 0.1) is 0 Å². The Kier molecular flexibility index (Phi) is 4.23. The van der Waals surface area contributed by atoms with Crippen LogP contribution in [0.3, 0.4) is 0 Å². The number of nitrogens with zero attached hydrogens (tertiary/aromatic N) is 2. The Morgan fingerprint density at radius 1 is 1.17 bits per heavy atom. The highest BCUT2D eigenvalue weighted by Crippen LogP contribution is 2.17. The Labute approximate surface area is 134 Å². The minimum Gasteiger partial charge on any atom is -0.382 e. The minimum atomic E-state index is -0.0122. The summed E-state index contributed by atoms with van der Waals surface area (Å²) in [5.41, 5.74) is 4.45. The van der Waals surface area contributed by atoms with Gasteiger partial charge in [0.1, 0.15) is 11.0 Å². The molecule has 0 spiro atoms. The first-order chi connectivity index (χ1) is 11.1. The molecule has 3 rings (SSSR count). The molecule has 118 valence electrons. The van der Waals surface area contributed by atoms with Crippen LogP contribution in [0.2, 0.25) is 0 Å². The molecular formula is C17H19N5O. The van der Waals surface area contributed by atoms with Crippen molar-refractivity contribution in [2.24, 2.45) is 0 Å². The molecule has 3 N–H and O–H groups in total. The maximum absolute atomic E-state index is 12.2. The van der Waals surface area contributed by atoms with E-state index in [2.05, 4.69) is 26.0 Å². The van der Waals surface area contributed by atoms with E-state index >= 15 is 0 Å². The third-order valence-corrected chi connectivity index (χ3v) is 3.64. The number of H-pyrrole nitrogens is 1. The van der Waals surface area contributed by atoms with Crippen LogP contribution in [0.25, 0.3) is 11.0 Å². The van der Waals surface area contributed by atoms with Crippen LogP contribution >= 0.6 is 0 Å². The number of rotatable bonds is 5. The Morgan fingerprint density at radius 3 is 2.78 bits per heavy atom. The average Bonchev–Trinajstić information content (AvgIpc) is 2.97. The number of nitrogens with one attached hydrogen (secondary N) is 3. The summed E-state index contributed by atoms with van der Waals surface area (Å²) in [6.45, 7) is 3.95. The standard InChI is InChI=1S/C17H19N5O/c1-11-5-3-4-6-14(11)19-17(23)9-12(2)18-13-7-8-15-16(10-13)21-22-20-15/h3-8,10,12,18H,9H2,1-2H3,(H,19,23)(H,20,21,22)/t12-/m0/s1. The molecule has 2 aromatic carbocycles. The number of hydrogen-bond donors (Lipinski definition) is 3. The molecule has 0 bridgehead atoms. The third-order valence-electron chi connectivity index (χ3n) is 3.64. The first-order valence-corrected chi connectivity index (χ1v) is 7.54. The zero-order chi connectivity index (χ0) is 16.2. The number of benzene rings is 2. The summed E-state index contributed by atoms with van der Waals surface area (Å²) in [7, 11) is 0. The van der Waals surface area contributed by atoms with Crippen LogP contribution in [0, 0.1) is 6.92 Å². The van der Waals surface area contributed by atoms with Gasteiger partial charge in [-0.3, -0.25) is 4.79 Å². The topological polar surface area (TPSA) is 82.7 Å². The predicted octanol–water partition coefficient (Wildman–Crippen LogP) is 3.10. The lowest BCUT2D eigenvalue weighted by Crippen LogP contribution is -2.24. The molecule has 0 saturated heterocycles. The molecule has 1 amide bonds. The van der Waals surface area contributed by atoms with Crippen molar-refractivity contribution in [1.29, 1.82) is 0 Å². The average molecular weight is 309 g/mol. The smallest absolute Gasteiger partial charge is 0.226 e. The molecule has 0 fully saturated rings. The van der Waals surface area contributed by atoms with Gasteiger partial charge in [-0.25, -0.2) is 0 Å². The van der Waals surface area contributed by atoms with Gasteiger partial charge >= 0.3 is 0 Å². The van der Waals surface area contributed by atoms with E-state index in [4.69, 9.17) is 0 Å². The quantitative estimate of drug-likeness (QED) is 0.676. The number of amides is 1. The largest absolute Gasteiger partial charge is 0.382 e. The summed E-state index contributed by atoms with van der Waals surface area (Å²) >= 11 is 0. The number of para-hydroxylation sites is 1. The van der Waals surface area contributed by atoms with Crippen LogP contribution in [0.4, 0.5) is 11.4 Å². The molecule has 0 aliphatic heterocycles. The van der Waals surface area contributed by atoms with E-state index in [9.17, 15) is 4.79 Å². The van der Waals surface area contributed by atoms with Crippen LogP contribution < -0.4 is 10.6 Å². The molecule has 0 saturated carbocycles. The Hall–Kier alpha value is -2.89. The summed E-state index contributed by atoms with van der Waals surface area (Å²) in [4.78, 5) is 12.2. The maximum Gasteiger partial charge on any atom is 0.226 e. The van der Waals surface area contributed by atoms with E-state index < -0.39 is 0 Å². The van der Waals surface area contributed by atoms with Crippen molar-refractivity contribution >= 4 is 28.3 Å². The predicted molar refractivity (Wildman–Crippen MR) is 91.4 cm³/mol. The van der Waals surface area contributed by atoms with Crippen molar-refractivity contribution < 1.29 is 4.79 Å². The second kappa shape index (κ2) is 6.48. The number of aryl methyl sites for hydroxylation is 1. The van der Waals surface area contributed by atoms with Gasteiger partial charge in [0.25, 0.3) is 0 Å². The lowest BCUT2D eigenvalue weighted by Gasteiger charge is -2.15. The first kappa shape index (κ1) is 15.0. The van der Waals surface area contributed by atoms with Gasteiger partial charge in [-0.2, -0.15) is 15.4 Å². The van der Waals surface area contributed by atoms with Gasteiger partial charge in [0.2, 0.25) is 5.91 Å². The van der Waals surface area contributed by atoms with Crippen LogP contribution in [0.15, 0.2) is 42.5 Å². The number of fused-ring (bicyclic) bond motifs is 1. The lowest BCUT2D eigenvalue weighted by atomic mass is 10.1. The highest BCUT2D eigenvalue weighted by Gasteiger charge is 2.11. The zero-order valence-corrected chi connectivity index (χ0v) is 13.1. The van der Waals surface area contributed by atoms with Crippen molar-refractivity contribution in [3.05, 3.63) is 48.0 Å². The molecule has 1 aromatic heterocycles. The van der Waals surface area contributed by atoms with Crippen molar-refractivity contribution in [2.75, 3.05) is 10.6 Å². The molecule has 1 atom stereocenters. The first-order valence-electron chi connectivity index (χ1n) is 7.54. The van der Waals surface area contributed by atoms with Crippen molar-refractivity contribution in [2.45, 2.75) is 26.3 Å². The second-order valence-electron chi connectivity index (χ2n) is 5.64. The molecule has 0 unspecified atom stereocenters. The number of anilines is 2. The van der Waals surface area contributed by atoms with Crippen LogP contribution in [0.1, 0.15) is 18.9 Å². The number of aromatic nitrogens is 3. The van der Waals surface area contributed by atoms with E-state index in [1.165, 1.54) is 0 Å². The monoisotopic (exact) mass is 309 g/mol. The van der Waals surface area contributed by atoms with Gasteiger partial charge in [-0.15, -0.1) is 0 Å². The minimum absolute atomic E-state index is 0.00312.